The van der Waals surface area contributed by atoms with E-state index in [0.717, 1.165) is 23.4 Å². The number of aromatic nitrogens is 1. The number of rotatable bonds is 3. The maximum absolute atomic E-state index is 13.5. The summed E-state index contributed by atoms with van der Waals surface area (Å²) in [5, 5.41) is 3.37. The molecule has 0 radical (unpaired) electrons. The van der Waals surface area contributed by atoms with Crippen molar-refractivity contribution in [2.75, 3.05) is 7.11 Å². The number of dihydropyridines is 1. The van der Waals surface area contributed by atoms with Gasteiger partial charge in [0.2, 0.25) is 0 Å². The third-order valence-electron chi connectivity index (χ3n) is 6.52. The Morgan fingerprint density at radius 2 is 1.69 bits per heavy atom. The zero-order chi connectivity index (χ0) is 23.0. The lowest BCUT2D eigenvalue weighted by Crippen LogP contribution is -2.36. The first-order valence-electron chi connectivity index (χ1n) is 11.0. The van der Waals surface area contributed by atoms with Crippen LogP contribution < -0.4 is 5.32 Å². The molecule has 5 nitrogen and oxygen atoms in total. The topological polar surface area (TPSA) is 68.3 Å². The summed E-state index contributed by atoms with van der Waals surface area (Å²) in [6.45, 7) is 8.46. The van der Waals surface area contributed by atoms with Gasteiger partial charge in [-0.25, -0.2) is 4.79 Å². The van der Waals surface area contributed by atoms with Gasteiger partial charge in [-0.2, -0.15) is 0 Å². The van der Waals surface area contributed by atoms with Crippen LogP contribution in [-0.2, 0) is 19.7 Å². The van der Waals surface area contributed by atoms with Crippen LogP contribution in [0.2, 0.25) is 0 Å². The molecule has 0 saturated carbocycles. The number of carbonyl (C=O) groups excluding carboxylic acids is 2. The molecule has 5 heteroatoms. The first-order valence-corrected chi connectivity index (χ1v) is 11.0. The third-order valence-corrected chi connectivity index (χ3v) is 6.52. The number of hydrogen-bond acceptors (Lipinski definition) is 5. The van der Waals surface area contributed by atoms with Gasteiger partial charge in [0.25, 0.3) is 0 Å². The van der Waals surface area contributed by atoms with E-state index in [9.17, 15) is 9.59 Å². The molecule has 0 saturated heterocycles. The van der Waals surface area contributed by atoms with Gasteiger partial charge < -0.3 is 10.1 Å². The number of nitrogens with one attached hydrogen (secondary N) is 1. The summed E-state index contributed by atoms with van der Waals surface area (Å²) in [6, 6.07) is 12.4. The van der Waals surface area contributed by atoms with Crippen molar-refractivity contribution >= 4 is 11.8 Å². The summed E-state index contributed by atoms with van der Waals surface area (Å²) >= 11 is 0. The van der Waals surface area contributed by atoms with Crippen LogP contribution >= 0.6 is 0 Å². The number of pyridine rings is 1. The largest absolute Gasteiger partial charge is 0.466 e. The number of ketones is 1. The molecular weight excluding hydrogens is 400 g/mol. The van der Waals surface area contributed by atoms with Gasteiger partial charge in [0, 0.05) is 41.7 Å². The Morgan fingerprint density at radius 1 is 1.03 bits per heavy atom. The second-order valence-electron chi connectivity index (χ2n) is 9.66. The summed E-state index contributed by atoms with van der Waals surface area (Å²) in [4.78, 5) is 30.3. The standard InChI is InChI=1S/C27H30N2O3/c1-16-23(26(31)32-5)24(18-10-12-28-13-11-18)25-21(29-16)14-19(15-22(25)30)17-6-8-20(9-7-17)27(2,3)4/h6-13,19,24,29H,14-15H2,1-5H3/t19-,24-/m1/s1. The number of benzene rings is 1. The van der Waals surface area contributed by atoms with E-state index >= 15 is 0 Å². The second kappa shape index (κ2) is 8.38. The van der Waals surface area contributed by atoms with Gasteiger partial charge in [0.15, 0.2) is 5.78 Å². The molecule has 32 heavy (non-hydrogen) atoms. The Morgan fingerprint density at radius 3 is 2.28 bits per heavy atom. The molecule has 166 valence electrons. The van der Waals surface area contributed by atoms with E-state index in [4.69, 9.17) is 4.74 Å². The molecule has 0 fully saturated rings. The van der Waals surface area contributed by atoms with Crippen LogP contribution in [0.5, 0.6) is 0 Å². The fraction of sp³-hybridized carbons (Fsp3) is 0.370. The van der Waals surface area contributed by atoms with Gasteiger partial charge in [-0.3, -0.25) is 9.78 Å². The molecule has 0 unspecified atom stereocenters. The molecule has 4 rings (SSSR count). The molecule has 1 N–H and O–H groups in total. The monoisotopic (exact) mass is 430 g/mol. The van der Waals surface area contributed by atoms with Gasteiger partial charge >= 0.3 is 5.97 Å². The average molecular weight is 431 g/mol. The molecule has 0 bridgehead atoms. The van der Waals surface area contributed by atoms with Crippen molar-refractivity contribution in [1.82, 2.24) is 10.3 Å². The highest BCUT2D eigenvalue weighted by Gasteiger charge is 2.41. The van der Waals surface area contributed by atoms with Gasteiger partial charge in [0.1, 0.15) is 0 Å². The van der Waals surface area contributed by atoms with E-state index < -0.39 is 11.9 Å². The van der Waals surface area contributed by atoms with Crippen molar-refractivity contribution < 1.29 is 14.3 Å². The number of Topliss-reactive ketones (excluding diaryl/α,β-unsaturated/α-hetero) is 1. The number of allylic oxidation sites excluding steroid dienone is 3. The molecule has 2 aliphatic rings. The minimum Gasteiger partial charge on any atom is -0.466 e. The van der Waals surface area contributed by atoms with E-state index in [1.807, 2.05) is 19.1 Å². The number of esters is 1. The van der Waals surface area contributed by atoms with Crippen molar-refractivity contribution in [3.05, 3.63) is 88.0 Å². The highest BCUT2D eigenvalue weighted by Crippen LogP contribution is 2.45. The molecule has 0 amide bonds. The lowest BCUT2D eigenvalue weighted by Gasteiger charge is -2.36. The van der Waals surface area contributed by atoms with Crippen LogP contribution in [0.1, 0.15) is 69.1 Å². The Labute approximate surface area is 189 Å². The second-order valence-corrected chi connectivity index (χ2v) is 9.66. The predicted molar refractivity (Wildman–Crippen MR) is 124 cm³/mol. The van der Waals surface area contributed by atoms with Crippen LogP contribution in [-0.4, -0.2) is 23.8 Å². The first-order chi connectivity index (χ1) is 15.2. The fourth-order valence-electron chi connectivity index (χ4n) is 4.80. The summed E-state index contributed by atoms with van der Waals surface area (Å²) < 4.78 is 5.07. The highest BCUT2D eigenvalue weighted by molar-refractivity contribution is 6.04. The SMILES string of the molecule is COC(=O)C1=C(C)NC2=C(C(=O)C[C@H](c3ccc(C(C)(C)C)cc3)C2)[C@@H]1c1ccncc1. The summed E-state index contributed by atoms with van der Waals surface area (Å²) in [5.41, 5.74) is 6.19. The van der Waals surface area contributed by atoms with E-state index in [2.05, 4.69) is 55.3 Å². The Bertz CT molecular complexity index is 1110. The van der Waals surface area contributed by atoms with E-state index in [0.29, 0.717) is 17.6 Å². The van der Waals surface area contributed by atoms with Crippen molar-refractivity contribution in [3.63, 3.8) is 0 Å². The highest BCUT2D eigenvalue weighted by atomic mass is 16.5. The molecule has 2 atom stereocenters. The maximum atomic E-state index is 13.5. The number of ether oxygens (including phenoxy) is 1. The first kappa shape index (κ1) is 22.0. The fourth-order valence-corrected chi connectivity index (χ4v) is 4.80. The van der Waals surface area contributed by atoms with Gasteiger partial charge in [-0.1, -0.05) is 45.0 Å². The zero-order valence-electron chi connectivity index (χ0n) is 19.4. The lowest BCUT2D eigenvalue weighted by molar-refractivity contribution is -0.136. The van der Waals surface area contributed by atoms with Crippen molar-refractivity contribution in [1.29, 1.82) is 0 Å². The van der Waals surface area contributed by atoms with Gasteiger partial charge in [-0.05, 0) is 53.5 Å². The van der Waals surface area contributed by atoms with Crippen molar-refractivity contribution in [3.8, 4) is 0 Å². The molecule has 0 spiro atoms. The smallest absolute Gasteiger partial charge is 0.336 e. The third kappa shape index (κ3) is 3.99. The van der Waals surface area contributed by atoms with Crippen molar-refractivity contribution in [2.45, 2.75) is 57.8 Å². The summed E-state index contributed by atoms with van der Waals surface area (Å²) in [7, 11) is 1.37. The van der Waals surface area contributed by atoms with Crippen LogP contribution in [0, 0.1) is 0 Å². The van der Waals surface area contributed by atoms with E-state index in [1.54, 1.807) is 12.4 Å². The van der Waals surface area contributed by atoms with E-state index in [1.165, 1.54) is 18.2 Å². The molecular formula is C27H30N2O3. The zero-order valence-corrected chi connectivity index (χ0v) is 19.4. The summed E-state index contributed by atoms with van der Waals surface area (Å²) in [6.07, 6.45) is 4.53. The Kier molecular flexibility index (Phi) is 5.76. The molecule has 2 heterocycles. The molecule has 1 aromatic carbocycles. The number of hydrogen-bond donors (Lipinski definition) is 1. The summed E-state index contributed by atoms with van der Waals surface area (Å²) in [5.74, 6) is -0.692. The van der Waals surface area contributed by atoms with Crippen molar-refractivity contribution in [2.24, 2.45) is 0 Å². The van der Waals surface area contributed by atoms with E-state index in [-0.39, 0.29) is 17.1 Å². The molecule has 2 aromatic rings. The minimum absolute atomic E-state index is 0.0689. The quantitative estimate of drug-likeness (QED) is 0.701. The van der Waals surface area contributed by atoms with Crippen LogP contribution in [0.3, 0.4) is 0 Å². The minimum atomic E-state index is -0.446. The average Bonchev–Trinajstić information content (AvgIpc) is 2.77. The van der Waals surface area contributed by atoms with Crippen LogP contribution in [0.25, 0.3) is 0 Å². The molecule has 1 aromatic heterocycles. The normalized spacial score (nSPS) is 21.2. The predicted octanol–water partition coefficient (Wildman–Crippen LogP) is 4.91. The molecule has 1 aliphatic carbocycles. The van der Waals surface area contributed by atoms with Crippen LogP contribution in [0.15, 0.2) is 71.3 Å². The Balaban J connectivity index is 1.73. The van der Waals surface area contributed by atoms with Crippen LogP contribution in [0.4, 0.5) is 0 Å². The number of carbonyl (C=O) groups is 2. The van der Waals surface area contributed by atoms with Gasteiger partial charge in [0.05, 0.1) is 12.7 Å². The maximum Gasteiger partial charge on any atom is 0.336 e. The lowest BCUT2D eigenvalue weighted by atomic mass is 9.71. The Hall–Kier alpha value is -3.21. The number of nitrogens with zero attached hydrogens (tertiary/aromatic N) is 1. The number of methoxy groups -OCH3 is 1. The van der Waals surface area contributed by atoms with Gasteiger partial charge in [-0.15, -0.1) is 0 Å². The molecule has 1 aliphatic heterocycles.